The van der Waals surface area contributed by atoms with Crippen molar-refractivity contribution in [2.75, 3.05) is 18.8 Å². The fourth-order valence-electron chi connectivity index (χ4n) is 2.08. The summed E-state index contributed by atoms with van der Waals surface area (Å²) in [5.41, 5.74) is 0.146. The van der Waals surface area contributed by atoms with Crippen molar-refractivity contribution in [1.82, 2.24) is 4.90 Å². The number of amides is 1. The molecule has 0 N–H and O–H groups in total. The molecule has 2 nitrogen and oxygen atoms in total. The zero-order valence-corrected chi connectivity index (χ0v) is 13.5. The average molecular weight is 346 g/mol. The molecule has 0 bridgehead atoms. The first-order chi connectivity index (χ1) is 8.91. The van der Waals surface area contributed by atoms with Crippen LogP contribution in [0.1, 0.15) is 30.6 Å². The molecule has 1 fully saturated rings. The van der Waals surface area contributed by atoms with Crippen molar-refractivity contribution in [1.29, 1.82) is 0 Å². The number of halogens is 2. The molecule has 0 radical (unpaired) electrons. The molecule has 0 aromatic heterocycles. The number of carbonyl (C=O) groups excluding carboxylic acids is 1. The molecule has 1 amide bonds. The molecular formula is C14H17BrFNOS. The van der Waals surface area contributed by atoms with Gasteiger partial charge in [0.05, 0.1) is 5.56 Å². The molecule has 1 aliphatic heterocycles. The van der Waals surface area contributed by atoms with Crippen molar-refractivity contribution >= 4 is 33.6 Å². The summed E-state index contributed by atoms with van der Waals surface area (Å²) in [5.74, 6) is 0.212. The first-order valence-electron chi connectivity index (χ1n) is 6.28. The van der Waals surface area contributed by atoms with Gasteiger partial charge in [-0.05, 0) is 34.5 Å². The number of hydrogen-bond acceptors (Lipinski definition) is 2. The van der Waals surface area contributed by atoms with E-state index in [2.05, 4.69) is 29.8 Å². The van der Waals surface area contributed by atoms with E-state index in [1.54, 1.807) is 17.0 Å². The first-order valence-corrected chi connectivity index (χ1v) is 8.06. The van der Waals surface area contributed by atoms with Crippen LogP contribution in [-0.2, 0) is 0 Å². The highest BCUT2D eigenvalue weighted by molar-refractivity contribution is 9.10. The van der Waals surface area contributed by atoms with Crippen molar-refractivity contribution in [3.63, 3.8) is 0 Å². The van der Waals surface area contributed by atoms with Crippen LogP contribution in [0.2, 0.25) is 0 Å². The average Bonchev–Trinajstić information content (AvgIpc) is 2.50. The van der Waals surface area contributed by atoms with Gasteiger partial charge in [0.25, 0.3) is 5.91 Å². The van der Waals surface area contributed by atoms with Crippen molar-refractivity contribution in [2.45, 2.75) is 25.0 Å². The lowest BCUT2D eigenvalue weighted by molar-refractivity contribution is 0.0759. The highest BCUT2D eigenvalue weighted by atomic mass is 79.9. The molecule has 0 unspecified atom stereocenters. The molecule has 0 saturated carbocycles. The summed E-state index contributed by atoms with van der Waals surface area (Å²) in [5, 5.41) is 0. The van der Waals surface area contributed by atoms with Crippen LogP contribution in [0.3, 0.4) is 0 Å². The summed E-state index contributed by atoms with van der Waals surface area (Å²) < 4.78 is 14.5. The van der Waals surface area contributed by atoms with Gasteiger partial charge < -0.3 is 4.90 Å². The minimum Gasteiger partial charge on any atom is -0.338 e. The Morgan fingerprint density at radius 1 is 1.42 bits per heavy atom. The van der Waals surface area contributed by atoms with E-state index in [9.17, 15) is 9.18 Å². The van der Waals surface area contributed by atoms with Crippen LogP contribution in [0.15, 0.2) is 22.7 Å². The molecule has 2 rings (SSSR count). The summed E-state index contributed by atoms with van der Waals surface area (Å²) in [4.78, 5) is 14.2. The van der Waals surface area contributed by atoms with Gasteiger partial charge in [0.15, 0.2) is 0 Å². The van der Waals surface area contributed by atoms with E-state index in [0.717, 1.165) is 12.2 Å². The molecule has 5 heteroatoms. The summed E-state index contributed by atoms with van der Waals surface area (Å²) in [7, 11) is 0. The summed E-state index contributed by atoms with van der Waals surface area (Å²) in [6.07, 6.45) is 0.926. The highest BCUT2D eigenvalue weighted by Gasteiger charge is 2.28. The Bertz CT molecular complexity index is 472. The van der Waals surface area contributed by atoms with Crippen LogP contribution in [0.4, 0.5) is 4.39 Å². The fourth-order valence-corrected chi connectivity index (χ4v) is 3.70. The number of rotatable bonds is 1. The van der Waals surface area contributed by atoms with Gasteiger partial charge in [0.2, 0.25) is 0 Å². The van der Waals surface area contributed by atoms with E-state index in [0.29, 0.717) is 17.6 Å². The Labute approximate surface area is 125 Å². The van der Waals surface area contributed by atoms with Gasteiger partial charge in [-0.25, -0.2) is 4.39 Å². The first kappa shape index (κ1) is 14.9. The second-order valence-electron chi connectivity index (χ2n) is 5.25. The lowest BCUT2D eigenvalue weighted by Crippen LogP contribution is -2.34. The van der Waals surface area contributed by atoms with Crippen molar-refractivity contribution < 1.29 is 9.18 Å². The van der Waals surface area contributed by atoms with Gasteiger partial charge in [-0.3, -0.25) is 4.79 Å². The Morgan fingerprint density at radius 3 is 2.84 bits per heavy atom. The van der Waals surface area contributed by atoms with Gasteiger partial charge in [0.1, 0.15) is 5.82 Å². The van der Waals surface area contributed by atoms with E-state index in [-0.39, 0.29) is 16.2 Å². The fraction of sp³-hybridized carbons (Fsp3) is 0.500. The zero-order chi connectivity index (χ0) is 14.0. The van der Waals surface area contributed by atoms with Crippen molar-refractivity contribution in [3.05, 3.63) is 34.1 Å². The van der Waals surface area contributed by atoms with Crippen LogP contribution < -0.4 is 0 Å². The maximum atomic E-state index is 13.8. The molecule has 104 valence electrons. The molecule has 1 aliphatic rings. The molecule has 0 atom stereocenters. The summed E-state index contributed by atoms with van der Waals surface area (Å²) >= 11 is 5.13. The van der Waals surface area contributed by atoms with E-state index in [4.69, 9.17) is 0 Å². The maximum absolute atomic E-state index is 13.8. The Hall–Kier alpha value is -0.550. The van der Waals surface area contributed by atoms with Crippen molar-refractivity contribution in [2.24, 2.45) is 0 Å². The minimum absolute atomic E-state index is 0.146. The van der Waals surface area contributed by atoms with Gasteiger partial charge in [-0.15, -0.1) is 0 Å². The number of benzene rings is 1. The van der Waals surface area contributed by atoms with Gasteiger partial charge in [-0.2, -0.15) is 11.8 Å². The van der Waals surface area contributed by atoms with Crippen LogP contribution in [-0.4, -0.2) is 34.4 Å². The molecule has 1 saturated heterocycles. The standard InChI is InChI=1S/C14H17BrFNOS/c1-14(2)6-7-17(8-9-19-14)13(18)12-10(15)4-3-5-11(12)16/h3-5H,6-9H2,1-2H3. The monoisotopic (exact) mass is 345 g/mol. The van der Waals surface area contributed by atoms with Gasteiger partial charge >= 0.3 is 0 Å². The van der Waals surface area contributed by atoms with Crippen LogP contribution in [0.25, 0.3) is 0 Å². The van der Waals surface area contributed by atoms with Gasteiger partial charge in [-0.1, -0.05) is 19.9 Å². The summed E-state index contributed by atoms with van der Waals surface area (Å²) in [6.45, 7) is 5.72. The molecule has 1 aromatic rings. The number of hydrogen-bond donors (Lipinski definition) is 0. The van der Waals surface area contributed by atoms with Crippen molar-refractivity contribution in [3.8, 4) is 0 Å². The Balaban J connectivity index is 2.20. The van der Waals surface area contributed by atoms with E-state index < -0.39 is 5.82 Å². The second kappa shape index (κ2) is 5.83. The third-order valence-electron chi connectivity index (χ3n) is 3.30. The summed E-state index contributed by atoms with van der Waals surface area (Å²) in [6, 6.07) is 4.62. The smallest absolute Gasteiger partial charge is 0.258 e. The SMILES string of the molecule is CC1(C)CCN(C(=O)c2c(F)cccc2Br)CCS1. The molecular weight excluding hydrogens is 329 g/mol. The molecule has 19 heavy (non-hydrogen) atoms. The quantitative estimate of drug-likeness (QED) is 0.768. The van der Waals surface area contributed by atoms with E-state index in [1.165, 1.54) is 6.07 Å². The molecule has 1 heterocycles. The number of thioether (sulfide) groups is 1. The largest absolute Gasteiger partial charge is 0.338 e. The Kier molecular flexibility index (Phi) is 4.56. The predicted molar refractivity (Wildman–Crippen MR) is 81.2 cm³/mol. The predicted octanol–water partition coefficient (Wildman–Crippen LogP) is 3.95. The van der Waals surface area contributed by atoms with Crippen LogP contribution >= 0.6 is 27.7 Å². The topological polar surface area (TPSA) is 20.3 Å². The third kappa shape index (κ3) is 3.51. The third-order valence-corrected chi connectivity index (χ3v) is 5.33. The Morgan fingerprint density at radius 2 is 2.16 bits per heavy atom. The van der Waals surface area contributed by atoms with E-state index >= 15 is 0 Å². The maximum Gasteiger partial charge on any atom is 0.258 e. The van der Waals surface area contributed by atoms with Crippen LogP contribution in [0.5, 0.6) is 0 Å². The second-order valence-corrected chi connectivity index (χ2v) is 7.90. The molecule has 1 aromatic carbocycles. The lowest BCUT2D eigenvalue weighted by atomic mass is 10.1. The van der Waals surface area contributed by atoms with Gasteiger partial charge in [0, 0.05) is 28.1 Å². The zero-order valence-electron chi connectivity index (χ0n) is 11.1. The normalized spacial score (nSPS) is 19.1. The highest BCUT2D eigenvalue weighted by Crippen LogP contribution is 2.31. The van der Waals surface area contributed by atoms with Crippen LogP contribution in [0, 0.1) is 5.82 Å². The number of carbonyl (C=O) groups is 1. The molecule has 0 spiro atoms. The lowest BCUT2D eigenvalue weighted by Gasteiger charge is -2.23. The number of nitrogens with zero attached hydrogens (tertiary/aromatic N) is 1. The van der Waals surface area contributed by atoms with E-state index in [1.807, 2.05) is 11.8 Å². The minimum atomic E-state index is -0.462. The molecule has 0 aliphatic carbocycles.